The first-order valence-electron chi connectivity index (χ1n) is 17.8. The number of carbonyl (C=O) groups excluding carboxylic acids is 5. The van der Waals surface area contributed by atoms with E-state index in [-0.39, 0.29) is 36.3 Å². The number of anilines is 2. The summed E-state index contributed by atoms with van der Waals surface area (Å²) in [7, 11) is 0. The number of urea groups is 1. The van der Waals surface area contributed by atoms with Gasteiger partial charge in [0.2, 0.25) is 6.23 Å². The molecule has 2 heterocycles. The van der Waals surface area contributed by atoms with Crippen LogP contribution >= 0.6 is 11.6 Å². The van der Waals surface area contributed by atoms with Crippen molar-refractivity contribution in [3.05, 3.63) is 95.0 Å². The van der Waals surface area contributed by atoms with Gasteiger partial charge in [-0.2, -0.15) is 5.10 Å². The van der Waals surface area contributed by atoms with Crippen LogP contribution < -0.4 is 15.6 Å². The van der Waals surface area contributed by atoms with Crippen molar-refractivity contribution in [3.8, 4) is 0 Å². The van der Waals surface area contributed by atoms with Crippen LogP contribution in [0, 0.1) is 5.92 Å². The number of ketones is 1. The van der Waals surface area contributed by atoms with Crippen LogP contribution in [0.1, 0.15) is 68.3 Å². The summed E-state index contributed by atoms with van der Waals surface area (Å²) >= 11 is 6.56. The average Bonchev–Trinajstić information content (AvgIpc) is 3.73. The summed E-state index contributed by atoms with van der Waals surface area (Å²) in [6.07, 6.45) is 6.63. The number of imide groups is 1. The van der Waals surface area contributed by atoms with Crippen molar-refractivity contribution < 1.29 is 28.7 Å². The predicted molar refractivity (Wildman–Crippen MR) is 200 cm³/mol. The van der Waals surface area contributed by atoms with E-state index in [0.29, 0.717) is 17.0 Å². The Morgan fingerprint density at radius 1 is 0.923 bits per heavy atom. The molecule has 1 saturated heterocycles. The zero-order valence-corrected chi connectivity index (χ0v) is 30.3. The molecule has 2 N–H and O–H groups in total. The van der Waals surface area contributed by atoms with Crippen molar-refractivity contribution in [1.82, 2.24) is 15.1 Å². The van der Waals surface area contributed by atoms with Crippen molar-refractivity contribution in [2.24, 2.45) is 11.0 Å². The Hall–Kier alpha value is -5.07. The fourth-order valence-electron chi connectivity index (χ4n) is 6.19. The molecule has 0 aromatic heterocycles. The molecule has 3 unspecified atom stereocenters. The molecular formula is C39H45ClN6O6. The molecule has 0 spiro atoms. The molecule has 5 rings (SSSR count). The van der Waals surface area contributed by atoms with Gasteiger partial charge in [0.1, 0.15) is 0 Å². The van der Waals surface area contributed by atoms with E-state index in [2.05, 4.69) is 22.7 Å². The number of benzene rings is 3. The summed E-state index contributed by atoms with van der Waals surface area (Å²) in [5, 5.41) is 11.6. The summed E-state index contributed by atoms with van der Waals surface area (Å²) in [6, 6.07) is 19.9. The van der Waals surface area contributed by atoms with Crippen molar-refractivity contribution in [2.45, 2.75) is 71.2 Å². The van der Waals surface area contributed by atoms with Gasteiger partial charge < -0.3 is 15.4 Å². The molecule has 3 aromatic rings. The van der Waals surface area contributed by atoms with Crippen LogP contribution in [-0.2, 0) is 25.7 Å². The van der Waals surface area contributed by atoms with Gasteiger partial charge in [0.15, 0.2) is 11.8 Å². The third-order valence-electron chi connectivity index (χ3n) is 8.96. The van der Waals surface area contributed by atoms with Crippen LogP contribution in [0.4, 0.5) is 16.2 Å². The fourth-order valence-corrected chi connectivity index (χ4v) is 6.42. The van der Waals surface area contributed by atoms with Crippen molar-refractivity contribution in [1.29, 1.82) is 0 Å². The summed E-state index contributed by atoms with van der Waals surface area (Å²) in [5.41, 5.74) is 1.86. The fraction of sp³-hybridized carbons (Fsp3) is 0.385. The van der Waals surface area contributed by atoms with E-state index >= 15 is 0 Å². The highest BCUT2D eigenvalue weighted by Crippen LogP contribution is 2.29. The van der Waals surface area contributed by atoms with Crippen molar-refractivity contribution >= 4 is 58.7 Å². The Bertz CT molecular complexity index is 1760. The number of nitrogens with zero attached hydrogens (tertiary/aromatic N) is 4. The molecular weight excluding hydrogens is 684 g/mol. The maximum Gasteiger partial charge on any atom is 0.330 e. The molecule has 3 atom stereocenters. The average molecular weight is 729 g/mol. The number of hydrogen-bond donors (Lipinski definition) is 2. The minimum atomic E-state index is -1.88. The number of ether oxygens (including phenoxy) is 1. The van der Waals surface area contributed by atoms with Crippen molar-refractivity contribution in [2.75, 3.05) is 30.0 Å². The molecule has 0 saturated carbocycles. The van der Waals surface area contributed by atoms with Gasteiger partial charge in [-0.05, 0) is 49.2 Å². The Kier molecular flexibility index (Phi) is 13.5. The summed E-state index contributed by atoms with van der Waals surface area (Å²) < 4.78 is 5.72. The van der Waals surface area contributed by atoms with Crippen molar-refractivity contribution in [3.63, 3.8) is 0 Å². The minimum Gasteiger partial charge on any atom is -0.352 e. The lowest BCUT2D eigenvalue weighted by Gasteiger charge is -2.26. The number of hydrazone groups is 1. The number of amides is 5. The van der Waals surface area contributed by atoms with Gasteiger partial charge in [0.05, 0.1) is 35.4 Å². The number of rotatable bonds is 18. The second-order valence-electron chi connectivity index (χ2n) is 12.7. The molecule has 1 fully saturated rings. The van der Waals surface area contributed by atoms with Crippen LogP contribution in [0.15, 0.2) is 84.0 Å². The highest BCUT2D eigenvalue weighted by Gasteiger charge is 2.54. The summed E-state index contributed by atoms with van der Waals surface area (Å²) in [6.45, 7) is 4.58. The molecule has 5 amide bonds. The maximum absolute atomic E-state index is 14.3. The Labute approximate surface area is 309 Å². The topological polar surface area (TPSA) is 141 Å². The van der Waals surface area contributed by atoms with E-state index in [4.69, 9.17) is 16.3 Å². The van der Waals surface area contributed by atoms with E-state index in [1.807, 2.05) is 36.4 Å². The molecule has 2 aliphatic rings. The van der Waals surface area contributed by atoms with Crippen LogP contribution in [0.5, 0.6) is 0 Å². The van der Waals surface area contributed by atoms with E-state index in [1.54, 1.807) is 36.2 Å². The normalized spacial score (nSPS) is 17.5. The van der Waals surface area contributed by atoms with E-state index < -0.39 is 41.8 Å². The minimum absolute atomic E-state index is 0.00991. The van der Waals surface area contributed by atoms with E-state index in [0.717, 1.165) is 30.5 Å². The lowest BCUT2D eigenvalue weighted by molar-refractivity contribution is -0.148. The molecule has 2 aliphatic heterocycles. The van der Waals surface area contributed by atoms with Crippen LogP contribution in [-0.4, -0.2) is 77.5 Å². The zero-order valence-electron chi connectivity index (χ0n) is 29.5. The number of unbranched alkanes of at least 4 members (excludes halogenated alkanes) is 5. The van der Waals surface area contributed by atoms with Gasteiger partial charge in [-0.15, -0.1) is 0 Å². The Balaban J connectivity index is 1.36. The highest BCUT2D eigenvalue weighted by atomic mass is 35.5. The Morgan fingerprint density at radius 3 is 2.31 bits per heavy atom. The van der Waals surface area contributed by atoms with Gasteiger partial charge in [0, 0.05) is 24.9 Å². The van der Waals surface area contributed by atoms with Gasteiger partial charge in [0.25, 0.3) is 17.7 Å². The Morgan fingerprint density at radius 2 is 1.62 bits per heavy atom. The van der Waals surface area contributed by atoms with Crippen LogP contribution in [0.2, 0.25) is 5.02 Å². The summed E-state index contributed by atoms with van der Waals surface area (Å²) in [4.78, 5) is 71.2. The molecule has 3 aromatic carbocycles. The first-order valence-corrected chi connectivity index (χ1v) is 18.2. The number of halogens is 1. The lowest BCUT2D eigenvalue weighted by atomic mass is 9.97. The van der Waals surface area contributed by atoms with Crippen LogP contribution in [0.3, 0.4) is 0 Å². The number of Topliss-reactive ketones (excluding diaryl/α,β-unsaturated/α-hetero) is 1. The molecule has 0 radical (unpaired) electrons. The molecule has 52 heavy (non-hydrogen) atoms. The van der Waals surface area contributed by atoms with Gasteiger partial charge >= 0.3 is 6.03 Å². The van der Waals surface area contributed by atoms with Crippen LogP contribution in [0.25, 0.3) is 0 Å². The lowest BCUT2D eigenvalue weighted by Crippen LogP contribution is -2.55. The highest BCUT2D eigenvalue weighted by molar-refractivity contribution is 6.34. The van der Waals surface area contributed by atoms with E-state index in [1.165, 1.54) is 48.6 Å². The monoisotopic (exact) mass is 728 g/mol. The zero-order chi connectivity index (χ0) is 37.0. The largest absolute Gasteiger partial charge is 0.352 e. The third kappa shape index (κ3) is 9.23. The predicted octanol–water partition coefficient (Wildman–Crippen LogP) is 6.26. The molecule has 0 aliphatic carbocycles. The quantitative estimate of drug-likeness (QED) is 0.0896. The third-order valence-corrected chi connectivity index (χ3v) is 9.27. The standard InChI is InChI=1S/C39H45ClN6O6/c1-3-5-6-7-8-15-22-41-35(48)28-20-21-32(31(40)23-28)43-36(49)33(34(47)29-24-42-45(26-29)30-18-13-10-14-19-30)46-37(50)38(52-4-2)44(39(46)51)25-27-16-11-9-12-17-27/h9-14,16-21,23-24,29,33,38H,3-8,15,22,25-26H2,1-2H3,(H,41,48)(H,43,49). The maximum atomic E-state index is 14.3. The smallest absolute Gasteiger partial charge is 0.330 e. The second kappa shape index (κ2) is 18.4. The molecule has 274 valence electrons. The molecule has 12 nitrogen and oxygen atoms in total. The van der Waals surface area contributed by atoms with Gasteiger partial charge in [-0.25, -0.2) is 9.69 Å². The number of para-hydroxylation sites is 1. The second-order valence-corrected chi connectivity index (χ2v) is 13.1. The number of hydrogen-bond acceptors (Lipinski definition) is 8. The molecule has 0 bridgehead atoms. The number of nitrogens with one attached hydrogen (secondary N) is 2. The first kappa shape index (κ1) is 38.2. The number of carbonyl (C=O) groups is 5. The SMILES string of the molecule is CCCCCCCCNC(=O)c1ccc(NC(=O)C(C(=O)C2C=NN(c3ccccc3)C2)N2C(=O)C(OCC)N(Cc3ccccc3)C2=O)c(Cl)c1. The van der Waals surface area contributed by atoms with Gasteiger partial charge in [-0.3, -0.25) is 29.1 Å². The summed E-state index contributed by atoms with van der Waals surface area (Å²) in [5.74, 6) is -3.73. The van der Waals surface area contributed by atoms with E-state index in [9.17, 15) is 24.0 Å². The van der Waals surface area contributed by atoms with Gasteiger partial charge in [-0.1, -0.05) is 99.2 Å². The molecule has 13 heteroatoms. The first-order chi connectivity index (χ1) is 25.2.